The van der Waals surface area contributed by atoms with Crippen molar-refractivity contribution in [2.75, 3.05) is 7.11 Å². The van der Waals surface area contributed by atoms with E-state index < -0.39 is 5.92 Å². The molecule has 4 nitrogen and oxygen atoms in total. The molecule has 0 heterocycles. The van der Waals surface area contributed by atoms with Crippen LogP contribution in [0.1, 0.15) is 30.7 Å². The van der Waals surface area contributed by atoms with Gasteiger partial charge in [-0.05, 0) is 12.0 Å². The number of benzene rings is 1. The van der Waals surface area contributed by atoms with Crippen molar-refractivity contribution < 1.29 is 14.3 Å². The van der Waals surface area contributed by atoms with Gasteiger partial charge in [0, 0.05) is 12.8 Å². The summed E-state index contributed by atoms with van der Waals surface area (Å²) >= 11 is 0. The average Bonchev–Trinajstić information content (AvgIpc) is 2.40. The molecule has 4 heteroatoms. The highest BCUT2D eigenvalue weighted by molar-refractivity contribution is 5.88. The minimum Gasteiger partial charge on any atom is -0.469 e. The maximum atomic E-state index is 11.9. The second-order valence-electron chi connectivity index (χ2n) is 3.87. The zero-order chi connectivity index (χ0) is 13.4. The highest BCUT2D eigenvalue weighted by Crippen LogP contribution is 2.18. The van der Waals surface area contributed by atoms with E-state index in [2.05, 4.69) is 4.74 Å². The third-order valence-corrected chi connectivity index (χ3v) is 2.62. The summed E-state index contributed by atoms with van der Waals surface area (Å²) in [6, 6.07) is 10.9. The molecule has 0 amide bonds. The first-order valence-electron chi connectivity index (χ1n) is 5.73. The predicted molar refractivity (Wildman–Crippen MR) is 65.7 cm³/mol. The number of rotatable bonds is 6. The lowest BCUT2D eigenvalue weighted by molar-refractivity contribution is -0.140. The molecule has 0 saturated carbocycles. The molecule has 0 aromatic heterocycles. The van der Waals surface area contributed by atoms with E-state index in [1.54, 1.807) is 24.3 Å². The van der Waals surface area contributed by atoms with Crippen molar-refractivity contribution in [2.45, 2.75) is 25.2 Å². The molecule has 1 aromatic carbocycles. The third-order valence-electron chi connectivity index (χ3n) is 2.62. The van der Waals surface area contributed by atoms with Crippen molar-refractivity contribution in [1.82, 2.24) is 0 Å². The van der Waals surface area contributed by atoms with Gasteiger partial charge in [0.1, 0.15) is 5.92 Å². The molecule has 1 unspecified atom stereocenters. The number of nitrogens with zero attached hydrogens (tertiary/aromatic N) is 1. The van der Waals surface area contributed by atoms with E-state index in [0.717, 1.165) is 0 Å². The summed E-state index contributed by atoms with van der Waals surface area (Å²) in [6.45, 7) is 0. The van der Waals surface area contributed by atoms with Crippen molar-refractivity contribution in [2.24, 2.45) is 0 Å². The van der Waals surface area contributed by atoms with Gasteiger partial charge in [-0.3, -0.25) is 9.59 Å². The molecule has 0 N–H and O–H groups in total. The van der Waals surface area contributed by atoms with Gasteiger partial charge in [-0.15, -0.1) is 0 Å². The van der Waals surface area contributed by atoms with E-state index in [4.69, 9.17) is 5.26 Å². The average molecular weight is 245 g/mol. The number of methoxy groups -OCH3 is 1. The van der Waals surface area contributed by atoms with Crippen LogP contribution in [0.3, 0.4) is 0 Å². The molecule has 0 radical (unpaired) electrons. The van der Waals surface area contributed by atoms with Crippen LogP contribution in [0.4, 0.5) is 0 Å². The van der Waals surface area contributed by atoms with Crippen LogP contribution in [0.2, 0.25) is 0 Å². The van der Waals surface area contributed by atoms with Gasteiger partial charge in [-0.1, -0.05) is 30.3 Å². The third kappa shape index (κ3) is 4.02. The fraction of sp³-hybridized carbons (Fsp3) is 0.357. The number of carbonyl (C=O) groups excluding carboxylic acids is 2. The number of carbonyl (C=O) groups is 2. The van der Waals surface area contributed by atoms with E-state index in [1.807, 2.05) is 12.1 Å². The summed E-state index contributed by atoms with van der Waals surface area (Å²) in [5.74, 6) is -1.24. The lowest BCUT2D eigenvalue weighted by Gasteiger charge is -2.07. The lowest BCUT2D eigenvalue weighted by Crippen LogP contribution is -2.11. The Kier molecular flexibility index (Phi) is 5.59. The van der Waals surface area contributed by atoms with Gasteiger partial charge in [0.05, 0.1) is 13.2 Å². The molecule has 0 bridgehead atoms. The molecule has 0 fully saturated rings. The SMILES string of the molecule is COC(=O)CCCC(=O)C(C#N)c1ccccc1. The summed E-state index contributed by atoms with van der Waals surface area (Å²) < 4.78 is 4.49. The summed E-state index contributed by atoms with van der Waals surface area (Å²) in [4.78, 5) is 22.8. The zero-order valence-corrected chi connectivity index (χ0v) is 10.3. The number of ether oxygens (including phenoxy) is 1. The van der Waals surface area contributed by atoms with Crippen LogP contribution < -0.4 is 0 Å². The minimum atomic E-state index is -0.746. The van der Waals surface area contributed by atoms with Crippen LogP contribution in [0.25, 0.3) is 0 Å². The van der Waals surface area contributed by atoms with Gasteiger partial charge in [0.2, 0.25) is 0 Å². The quantitative estimate of drug-likeness (QED) is 0.720. The Bertz CT molecular complexity index is 448. The molecule has 0 aliphatic rings. The monoisotopic (exact) mass is 245 g/mol. The summed E-state index contributed by atoms with van der Waals surface area (Å²) in [7, 11) is 1.31. The number of hydrogen-bond acceptors (Lipinski definition) is 4. The molecule has 94 valence electrons. The fourth-order valence-corrected chi connectivity index (χ4v) is 1.63. The largest absolute Gasteiger partial charge is 0.469 e. The second kappa shape index (κ2) is 7.23. The van der Waals surface area contributed by atoms with Gasteiger partial charge in [-0.2, -0.15) is 5.26 Å². The molecule has 18 heavy (non-hydrogen) atoms. The Hall–Kier alpha value is -2.15. The first kappa shape index (κ1) is 13.9. The number of Topliss-reactive ketones (excluding diaryl/α,β-unsaturated/α-hetero) is 1. The molecule has 0 saturated heterocycles. The molecular formula is C14H15NO3. The molecule has 0 spiro atoms. The van der Waals surface area contributed by atoms with Crippen LogP contribution in [-0.4, -0.2) is 18.9 Å². The van der Waals surface area contributed by atoms with Gasteiger partial charge in [0.25, 0.3) is 0 Å². The Morgan fingerprint density at radius 2 is 1.94 bits per heavy atom. The zero-order valence-electron chi connectivity index (χ0n) is 10.3. The molecular weight excluding hydrogens is 230 g/mol. The van der Waals surface area contributed by atoms with Crippen LogP contribution in [0.5, 0.6) is 0 Å². The first-order valence-corrected chi connectivity index (χ1v) is 5.73. The van der Waals surface area contributed by atoms with E-state index in [0.29, 0.717) is 12.0 Å². The van der Waals surface area contributed by atoms with Gasteiger partial charge in [0.15, 0.2) is 5.78 Å². The van der Waals surface area contributed by atoms with Gasteiger partial charge >= 0.3 is 5.97 Å². The second-order valence-corrected chi connectivity index (χ2v) is 3.87. The Morgan fingerprint density at radius 1 is 1.28 bits per heavy atom. The Morgan fingerprint density at radius 3 is 2.50 bits per heavy atom. The molecule has 1 aromatic rings. The van der Waals surface area contributed by atoms with E-state index in [-0.39, 0.29) is 24.6 Å². The first-order chi connectivity index (χ1) is 8.69. The normalized spacial score (nSPS) is 11.3. The highest BCUT2D eigenvalue weighted by Gasteiger charge is 2.19. The number of esters is 1. The van der Waals surface area contributed by atoms with Crippen LogP contribution in [0.15, 0.2) is 30.3 Å². The van der Waals surface area contributed by atoms with E-state index in [1.165, 1.54) is 7.11 Å². The maximum Gasteiger partial charge on any atom is 0.305 e. The van der Waals surface area contributed by atoms with Crippen LogP contribution >= 0.6 is 0 Å². The number of nitriles is 1. The van der Waals surface area contributed by atoms with Crippen molar-refractivity contribution in [3.05, 3.63) is 35.9 Å². The maximum absolute atomic E-state index is 11.9. The van der Waals surface area contributed by atoms with Crippen LogP contribution in [-0.2, 0) is 14.3 Å². The van der Waals surface area contributed by atoms with Gasteiger partial charge in [-0.25, -0.2) is 0 Å². The molecule has 0 aliphatic carbocycles. The van der Waals surface area contributed by atoms with E-state index >= 15 is 0 Å². The van der Waals surface area contributed by atoms with Crippen molar-refractivity contribution in [3.63, 3.8) is 0 Å². The Labute approximate surface area is 106 Å². The molecule has 1 atom stereocenters. The Balaban J connectivity index is 2.54. The van der Waals surface area contributed by atoms with Crippen molar-refractivity contribution in [1.29, 1.82) is 5.26 Å². The summed E-state index contributed by atoms with van der Waals surface area (Å²) in [5, 5.41) is 9.04. The van der Waals surface area contributed by atoms with Crippen LogP contribution in [0, 0.1) is 11.3 Å². The van der Waals surface area contributed by atoms with E-state index in [9.17, 15) is 9.59 Å². The number of hydrogen-bond donors (Lipinski definition) is 0. The van der Waals surface area contributed by atoms with Crippen molar-refractivity contribution in [3.8, 4) is 6.07 Å². The molecule has 1 rings (SSSR count). The minimum absolute atomic E-state index is 0.160. The van der Waals surface area contributed by atoms with Gasteiger partial charge < -0.3 is 4.74 Å². The highest BCUT2D eigenvalue weighted by atomic mass is 16.5. The fourth-order valence-electron chi connectivity index (χ4n) is 1.63. The summed E-state index contributed by atoms with van der Waals surface area (Å²) in [5.41, 5.74) is 0.697. The lowest BCUT2D eigenvalue weighted by atomic mass is 9.93. The van der Waals surface area contributed by atoms with Crippen molar-refractivity contribution >= 4 is 11.8 Å². The number of ketones is 1. The molecule has 0 aliphatic heterocycles. The summed E-state index contributed by atoms with van der Waals surface area (Å²) in [6.07, 6.45) is 0.827. The smallest absolute Gasteiger partial charge is 0.305 e. The topological polar surface area (TPSA) is 67.2 Å². The standard InChI is InChI=1S/C14H15NO3/c1-18-14(17)9-5-8-13(16)12(10-15)11-6-3-2-4-7-11/h2-4,6-7,12H,5,8-9H2,1H3. The predicted octanol–water partition coefficient (Wildman–Crippen LogP) is 2.21.